The Morgan fingerprint density at radius 3 is 2.60 bits per heavy atom. The standard InChI is InChI=1S/C14H30N4S.HI/c1-4-15-14(17-10-12-19-3)16-9-11-18(2)13-7-5-6-8-13;/h13H,4-12H2,1-3H3,(H2,15,16,17);1H. The highest BCUT2D eigenvalue weighted by atomic mass is 127. The molecule has 0 aliphatic heterocycles. The molecule has 1 rings (SSSR count). The molecule has 1 saturated carbocycles. The summed E-state index contributed by atoms with van der Waals surface area (Å²) in [6.07, 6.45) is 7.66. The van der Waals surface area contributed by atoms with E-state index in [9.17, 15) is 0 Å². The molecular weight excluding hydrogens is 383 g/mol. The van der Waals surface area contributed by atoms with E-state index in [1.54, 1.807) is 0 Å². The fraction of sp³-hybridized carbons (Fsp3) is 0.929. The summed E-state index contributed by atoms with van der Waals surface area (Å²) in [6.45, 7) is 5.94. The van der Waals surface area contributed by atoms with Crippen LogP contribution in [0, 0.1) is 0 Å². The Hall–Kier alpha value is 0.310. The lowest BCUT2D eigenvalue weighted by Crippen LogP contribution is -2.39. The van der Waals surface area contributed by atoms with Gasteiger partial charge in [0.25, 0.3) is 0 Å². The molecule has 0 unspecified atom stereocenters. The van der Waals surface area contributed by atoms with Crippen molar-refractivity contribution in [3.8, 4) is 0 Å². The second-order valence-electron chi connectivity index (χ2n) is 5.10. The first-order chi connectivity index (χ1) is 9.27. The van der Waals surface area contributed by atoms with E-state index in [0.717, 1.165) is 43.9 Å². The minimum atomic E-state index is 0. The minimum Gasteiger partial charge on any atom is -0.357 e. The van der Waals surface area contributed by atoms with Gasteiger partial charge in [-0.15, -0.1) is 24.0 Å². The third kappa shape index (κ3) is 8.56. The van der Waals surface area contributed by atoms with Gasteiger partial charge < -0.3 is 15.5 Å². The van der Waals surface area contributed by atoms with Crippen LogP contribution in [0.3, 0.4) is 0 Å². The van der Waals surface area contributed by atoms with Crippen LogP contribution in [0.25, 0.3) is 0 Å². The summed E-state index contributed by atoms with van der Waals surface area (Å²) >= 11 is 1.85. The van der Waals surface area contributed by atoms with Crippen molar-refractivity contribution in [2.24, 2.45) is 4.99 Å². The van der Waals surface area contributed by atoms with E-state index >= 15 is 0 Å². The van der Waals surface area contributed by atoms with Gasteiger partial charge >= 0.3 is 0 Å². The molecule has 0 radical (unpaired) electrons. The molecule has 0 heterocycles. The number of thioether (sulfide) groups is 1. The first-order valence-corrected chi connectivity index (χ1v) is 8.88. The van der Waals surface area contributed by atoms with Crippen LogP contribution in [0.15, 0.2) is 4.99 Å². The highest BCUT2D eigenvalue weighted by Gasteiger charge is 2.18. The SMILES string of the molecule is CCNC(=NCCN(C)C1CCCC1)NCCSC.I. The van der Waals surface area contributed by atoms with Gasteiger partial charge in [0.2, 0.25) is 0 Å². The molecule has 20 heavy (non-hydrogen) atoms. The molecule has 1 fully saturated rings. The van der Waals surface area contributed by atoms with E-state index in [1.165, 1.54) is 25.7 Å². The van der Waals surface area contributed by atoms with Gasteiger partial charge in [0.05, 0.1) is 6.54 Å². The average molecular weight is 414 g/mol. The molecule has 6 heteroatoms. The third-order valence-electron chi connectivity index (χ3n) is 3.61. The fourth-order valence-corrected chi connectivity index (χ4v) is 2.77. The molecule has 120 valence electrons. The summed E-state index contributed by atoms with van der Waals surface area (Å²) in [5, 5.41) is 6.66. The maximum Gasteiger partial charge on any atom is 0.191 e. The second-order valence-corrected chi connectivity index (χ2v) is 6.08. The lowest BCUT2D eigenvalue weighted by atomic mass is 10.2. The number of aliphatic imine (C=N–C) groups is 1. The number of nitrogens with one attached hydrogen (secondary N) is 2. The van der Waals surface area contributed by atoms with Gasteiger partial charge in [-0.3, -0.25) is 4.99 Å². The van der Waals surface area contributed by atoms with Crippen molar-refractivity contribution in [3.05, 3.63) is 0 Å². The Labute approximate surface area is 145 Å². The predicted octanol–water partition coefficient (Wildman–Crippen LogP) is 2.40. The molecular formula is C14H31IN4S. The largest absolute Gasteiger partial charge is 0.357 e. The first kappa shape index (κ1) is 20.3. The quantitative estimate of drug-likeness (QED) is 0.277. The van der Waals surface area contributed by atoms with Crippen molar-refractivity contribution in [2.45, 2.75) is 38.6 Å². The van der Waals surface area contributed by atoms with Crippen LogP contribution in [0.5, 0.6) is 0 Å². The number of hydrogen-bond donors (Lipinski definition) is 2. The van der Waals surface area contributed by atoms with Crippen molar-refractivity contribution < 1.29 is 0 Å². The van der Waals surface area contributed by atoms with Crippen LogP contribution in [0.4, 0.5) is 0 Å². The van der Waals surface area contributed by atoms with Gasteiger partial charge in [-0.1, -0.05) is 12.8 Å². The molecule has 0 saturated heterocycles. The first-order valence-electron chi connectivity index (χ1n) is 7.49. The highest BCUT2D eigenvalue weighted by molar-refractivity contribution is 14.0. The number of halogens is 1. The second kappa shape index (κ2) is 13.0. The molecule has 1 aliphatic carbocycles. The Balaban J connectivity index is 0.00000361. The number of rotatable bonds is 8. The highest BCUT2D eigenvalue weighted by Crippen LogP contribution is 2.21. The van der Waals surface area contributed by atoms with Crippen LogP contribution in [-0.2, 0) is 0 Å². The van der Waals surface area contributed by atoms with Gasteiger partial charge in [-0.2, -0.15) is 11.8 Å². The normalized spacial score (nSPS) is 16.3. The summed E-state index contributed by atoms with van der Waals surface area (Å²) in [6, 6.07) is 0.794. The summed E-state index contributed by atoms with van der Waals surface area (Å²) in [5.41, 5.74) is 0. The van der Waals surface area contributed by atoms with Crippen LogP contribution >= 0.6 is 35.7 Å². The number of nitrogens with zero attached hydrogens (tertiary/aromatic N) is 2. The molecule has 1 aliphatic rings. The number of guanidine groups is 1. The zero-order valence-corrected chi connectivity index (χ0v) is 16.3. The summed E-state index contributed by atoms with van der Waals surface area (Å²) in [7, 11) is 2.24. The predicted molar refractivity (Wildman–Crippen MR) is 103 cm³/mol. The number of hydrogen-bond acceptors (Lipinski definition) is 3. The third-order valence-corrected chi connectivity index (χ3v) is 4.23. The minimum absolute atomic E-state index is 0. The van der Waals surface area contributed by atoms with Crippen molar-refractivity contribution in [1.29, 1.82) is 0 Å². The van der Waals surface area contributed by atoms with E-state index in [0.29, 0.717) is 0 Å². The Morgan fingerprint density at radius 1 is 1.30 bits per heavy atom. The van der Waals surface area contributed by atoms with Gasteiger partial charge in [-0.05, 0) is 33.1 Å². The molecule has 0 aromatic carbocycles. The molecule has 0 atom stereocenters. The van der Waals surface area contributed by atoms with E-state index in [1.807, 2.05) is 11.8 Å². The van der Waals surface area contributed by atoms with Gasteiger partial charge in [0, 0.05) is 31.4 Å². The van der Waals surface area contributed by atoms with Gasteiger partial charge in [-0.25, -0.2) is 0 Å². The Bertz CT molecular complexity index is 258. The summed E-state index contributed by atoms with van der Waals surface area (Å²) < 4.78 is 0. The van der Waals surface area contributed by atoms with Crippen molar-refractivity contribution in [3.63, 3.8) is 0 Å². The Morgan fingerprint density at radius 2 is 2.00 bits per heavy atom. The maximum atomic E-state index is 4.64. The molecule has 4 nitrogen and oxygen atoms in total. The van der Waals surface area contributed by atoms with Gasteiger partial charge in [0.1, 0.15) is 0 Å². The molecule has 2 N–H and O–H groups in total. The number of likely N-dealkylation sites (N-methyl/N-ethyl adjacent to an activating group) is 1. The van der Waals surface area contributed by atoms with E-state index < -0.39 is 0 Å². The molecule has 0 aromatic heterocycles. The fourth-order valence-electron chi connectivity index (χ4n) is 2.46. The lowest BCUT2D eigenvalue weighted by Gasteiger charge is -2.23. The topological polar surface area (TPSA) is 39.7 Å². The molecule has 0 amide bonds. The van der Waals surface area contributed by atoms with E-state index in [-0.39, 0.29) is 24.0 Å². The van der Waals surface area contributed by atoms with E-state index in [4.69, 9.17) is 0 Å². The van der Waals surface area contributed by atoms with Crippen molar-refractivity contribution >= 4 is 41.7 Å². The van der Waals surface area contributed by atoms with Crippen LogP contribution < -0.4 is 10.6 Å². The average Bonchev–Trinajstić information content (AvgIpc) is 2.93. The van der Waals surface area contributed by atoms with E-state index in [2.05, 4.69) is 40.8 Å². The monoisotopic (exact) mass is 414 g/mol. The smallest absolute Gasteiger partial charge is 0.191 e. The van der Waals surface area contributed by atoms with Gasteiger partial charge in [0.15, 0.2) is 5.96 Å². The maximum absolute atomic E-state index is 4.64. The zero-order valence-electron chi connectivity index (χ0n) is 13.2. The molecule has 0 spiro atoms. The Kier molecular flexibility index (Phi) is 13.2. The van der Waals surface area contributed by atoms with Crippen LogP contribution in [0.2, 0.25) is 0 Å². The lowest BCUT2D eigenvalue weighted by molar-refractivity contribution is 0.252. The summed E-state index contributed by atoms with van der Waals surface area (Å²) in [4.78, 5) is 7.11. The molecule has 0 aromatic rings. The van der Waals surface area contributed by atoms with Crippen molar-refractivity contribution in [1.82, 2.24) is 15.5 Å². The van der Waals surface area contributed by atoms with Crippen LogP contribution in [0.1, 0.15) is 32.6 Å². The van der Waals surface area contributed by atoms with Crippen molar-refractivity contribution in [2.75, 3.05) is 45.2 Å². The zero-order chi connectivity index (χ0) is 13.9. The van der Waals surface area contributed by atoms with Crippen LogP contribution in [-0.4, -0.2) is 62.1 Å². The molecule has 0 bridgehead atoms. The summed E-state index contributed by atoms with van der Waals surface area (Å²) in [5.74, 6) is 2.07.